The molecule has 1 aliphatic heterocycles. The Kier molecular flexibility index (Phi) is 6.53. The lowest BCUT2D eigenvalue weighted by molar-refractivity contribution is 0.0696. The van der Waals surface area contributed by atoms with Gasteiger partial charge in [0.15, 0.2) is 5.75 Å². The van der Waals surface area contributed by atoms with E-state index >= 15 is 0 Å². The molecular formula is C25H24FN3O4. The summed E-state index contributed by atoms with van der Waals surface area (Å²) in [5, 5.41) is 2.83. The van der Waals surface area contributed by atoms with Crippen LogP contribution in [0, 0.1) is 12.7 Å². The van der Waals surface area contributed by atoms with Crippen LogP contribution in [0.25, 0.3) is 0 Å². The molecule has 0 bridgehead atoms. The number of nitrogens with zero attached hydrogens (tertiary/aromatic N) is 2. The molecular weight excluding hydrogens is 425 g/mol. The third-order valence-electron chi connectivity index (χ3n) is 5.47. The molecule has 170 valence electrons. The molecule has 0 saturated carbocycles. The largest absolute Gasteiger partial charge is 0.483 e. The van der Waals surface area contributed by atoms with E-state index in [-0.39, 0.29) is 35.7 Å². The van der Waals surface area contributed by atoms with E-state index in [0.29, 0.717) is 31.7 Å². The first-order valence-electron chi connectivity index (χ1n) is 10.7. The SMILES string of the molecule is Cc1cccc(C(=O)NCCN2CCn3cc(OCc4ccc(F)cc4)c(=O)cc3C2=O)c1. The number of aryl methyl sites for hydroxylation is 1. The number of fused-ring (bicyclic) bond motifs is 1. The molecule has 1 aliphatic rings. The molecule has 0 fully saturated rings. The van der Waals surface area contributed by atoms with Crippen molar-refractivity contribution in [3.05, 3.63) is 99.2 Å². The average molecular weight is 449 g/mol. The van der Waals surface area contributed by atoms with E-state index < -0.39 is 5.43 Å². The molecule has 2 amide bonds. The summed E-state index contributed by atoms with van der Waals surface area (Å²) >= 11 is 0. The summed E-state index contributed by atoms with van der Waals surface area (Å²) in [6.45, 7) is 3.64. The molecule has 1 N–H and O–H groups in total. The number of nitrogens with one attached hydrogen (secondary N) is 1. The maximum absolute atomic E-state index is 13.0. The number of rotatable bonds is 7. The summed E-state index contributed by atoms with van der Waals surface area (Å²) in [6.07, 6.45) is 1.54. The van der Waals surface area contributed by atoms with Crippen LogP contribution in [0.3, 0.4) is 0 Å². The Morgan fingerprint density at radius 2 is 1.88 bits per heavy atom. The number of hydrogen-bond acceptors (Lipinski definition) is 4. The van der Waals surface area contributed by atoms with Crippen molar-refractivity contribution < 1.29 is 18.7 Å². The molecule has 0 saturated heterocycles. The van der Waals surface area contributed by atoms with Crippen LogP contribution in [0.4, 0.5) is 4.39 Å². The highest BCUT2D eigenvalue weighted by Crippen LogP contribution is 2.16. The molecule has 33 heavy (non-hydrogen) atoms. The van der Waals surface area contributed by atoms with Gasteiger partial charge in [-0.15, -0.1) is 0 Å². The second kappa shape index (κ2) is 9.68. The topological polar surface area (TPSA) is 80.6 Å². The first-order chi connectivity index (χ1) is 15.9. The van der Waals surface area contributed by atoms with Crippen LogP contribution in [-0.4, -0.2) is 40.9 Å². The van der Waals surface area contributed by atoms with Gasteiger partial charge < -0.3 is 19.5 Å². The van der Waals surface area contributed by atoms with Gasteiger partial charge in [0.05, 0.1) is 6.20 Å². The standard InChI is InChI=1S/C25H24FN3O4/c1-17-3-2-4-19(13-17)24(31)27-9-10-28-11-12-29-15-23(22(30)14-21(29)25(28)32)33-16-18-5-7-20(26)8-6-18/h2-8,13-15H,9-12,16H2,1H3,(H,27,31). The molecule has 2 heterocycles. The fourth-order valence-corrected chi connectivity index (χ4v) is 3.67. The van der Waals surface area contributed by atoms with Gasteiger partial charge in [-0.25, -0.2) is 4.39 Å². The van der Waals surface area contributed by atoms with Gasteiger partial charge in [-0.1, -0.05) is 29.8 Å². The number of halogens is 1. The van der Waals surface area contributed by atoms with Gasteiger partial charge in [0.25, 0.3) is 11.8 Å². The molecule has 2 aromatic carbocycles. The van der Waals surface area contributed by atoms with Crippen LogP contribution in [-0.2, 0) is 13.2 Å². The van der Waals surface area contributed by atoms with Crippen molar-refractivity contribution in [1.82, 2.24) is 14.8 Å². The van der Waals surface area contributed by atoms with Crippen LogP contribution < -0.4 is 15.5 Å². The highest BCUT2D eigenvalue weighted by molar-refractivity contribution is 5.95. The summed E-state index contributed by atoms with van der Waals surface area (Å²) in [6, 6.07) is 14.4. The van der Waals surface area contributed by atoms with Crippen LogP contribution in [0.1, 0.15) is 32.0 Å². The van der Waals surface area contributed by atoms with Gasteiger partial charge in [0, 0.05) is 37.8 Å². The number of carbonyl (C=O) groups excluding carboxylic acids is 2. The molecule has 0 unspecified atom stereocenters. The minimum absolute atomic E-state index is 0.121. The maximum atomic E-state index is 13.0. The van der Waals surface area contributed by atoms with Crippen molar-refractivity contribution in [1.29, 1.82) is 0 Å². The second-order valence-corrected chi connectivity index (χ2v) is 7.91. The predicted octanol–water partition coefficient (Wildman–Crippen LogP) is 2.76. The molecule has 7 nitrogen and oxygen atoms in total. The number of aromatic nitrogens is 1. The molecule has 3 aromatic rings. The van der Waals surface area contributed by atoms with Crippen molar-refractivity contribution in [2.75, 3.05) is 19.6 Å². The number of pyridine rings is 1. The monoisotopic (exact) mass is 449 g/mol. The van der Waals surface area contributed by atoms with Crippen LogP contribution in [0.15, 0.2) is 65.6 Å². The van der Waals surface area contributed by atoms with E-state index in [1.54, 1.807) is 33.7 Å². The number of ether oxygens (including phenoxy) is 1. The Hall–Kier alpha value is -3.94. The van der Waals surface area contributed by atoms with Crippen molar-refractivity contribution in [3.8, 4) is 5.75 Å². The third-order valence-corrected chi connectivity index (χ3v) is 5.47. The molecule has 1 aromatic heterocycles. The molecule has 0 aliphatic carbocycles. The molecule has 8 heteroatoms. The average Bonchev–Trinajstić information content (AvgIpc) is 2.80. The van der Waals surface area contributed by atoms with Crippen molar-refractivity contribution in [2.45, 2.75) is 20.1 Å². The Bertz CT molecular complexity index is 1240. The van der Waals surface area contributed by atoms with E-state index in [2.05, 4.69) is 5.32 Å². The van der Waals surface area contributed by atoms with E-state index in [1.807, 2.05) is 19.1 Å². The minimum Gasteiger partial charge on any atom is -0.483 e. The summed E-state index contributed by atoms with van der Waals surface area (Å²) in [4.78, 5) is 39.2. The van der Waals surface area contributed by atoms with Crippen molar-refractivity contribution in [3.63, 3.8) is 0 Å². The van der Waals surface area contributed by atoms with E-state index in [4.69, 9.17) is 4.74 Å². The van der Waals surface area contributed by atoms with Gasteiger partial charge in [-0.2, -0.15) is 0 Å². The summed E-state index contributed by atoms with van der Waals surface area (Å²) in [5.41, 5.74) is 2.19. The lowest BCUT2D eigenvalue weighted by Crippen LogP contribution is -2.45. The van der Waals surface area contributed by atoms with Crippen LogP contribution >= 0.6 is 0 Å². The fraction of sp³-hybridized carbons (Fsp3) is 0.240. The Labute approximate surface area is 190 Å². The Morgan fingerprint density at radius 3 is 2.64 bits per heavy atom. The Balaban J connectivity index is 1.36. The predicted molar refractivity (Wildman–Crippen MR) is 121 cm³/mol. The second-order valence-electron chi connectivity index (χ2n) is 7.91. The van der Waals surface area contributed by atoms with Crippen LogP contribution in [0.2, 0.25) is 0 Å². The lowest BCUT2D eigenvalue weighted by Gasteiger charge is -2.30. The highest BCUT2D eigenvalue weighted by atomic mass is 19.1. The van der Waals surface area contributed by atoms with Crippen LogP contribution in [0.5, 0.6) is 5.75 Å². The first kappa shape index (κ1) is 22.3. The minimum atomic E-state index is -0.397. The van der Waals surface area contributed by atoms with Gasteiger partial charge in [0.1, 0.15) is 18.1 Å². The summed E-state index contributed by atoms with van der Waals surface area (Å²) in [7, 11) is 0. The zero-order chi connectivity index (χ0) is 23.4. The third kappa shape index (κ3) is 5.28. The number of benzene rings is 2. The fourth-order valence-electron chi connectivity index (χ4n) is 3.67. The number of hydrogen-bond donors (Lipinski definition) is 1. The highest BCUT2D eigenvalue weighted by Gasteiger charge is 2.25. The lowest BCUT2D eigenvalue weighted by atomic mass is 10.1. The van der Waals surface area contributed by atoms with E-state index in [0.717, 1.165) is 11.1 Å². The quantitative estimate of drug-likeness (QED) is 0.602. The van der Waals surface area contributed by atoms with Gasteiger partial charge in [-0.05, 0) is 36.8 Å². The van der Waals surface area contributed by atoms with Gasteiger partial charge >= 0.3 is 0 Å². The van der Waals surface area contributed by atoms with Crippen molar-refractivity contribution >= 4 is 11.8 Å². The molecule has 0 radical (unpaired) electrons. The number of carbonyl (C=O) groups is 2. The molecule has 4 rings (SSSR count). The number of amides is 2. The molecule has 0 atom stereocenters. The zero-order valence-electron chi connectivity index (χ0n) is 18.2. The maximum Gasteiger partial charge on any atom is 0.270 e. The first-order valence-corrected chi connectivity index (χ1v) is 10.7. The smallest absolute Gasteiger partial charge is 0.270 e. The van der Waals surface area contributed by atoms with Gasteiger partial charge in [0.2, 0.25) is 5.43 Å². The summed E-state index contributed by atoms with van der Waals surface area (Å²) in [5.74, 6) is -0.670. The molecule has 0 spiro atoms. The van der Waals surface area contributed by atoms with E-state index in [1.165, 1.54) is 24.4 Å². The zero-order valence-corrected chi connectivity index (χ0v) is 18.2. The van der Waals surface area contributed by atoms with Crippen molar-refractivity contribution in [2.24, 2.45) is 0 Å². The van der Waals surface area contributed by atoms with E-state index in [9.17, 15) is 18.8 Å². The summed E-state index contributed by atoms with van der Waals surface area (Å²) < 4.78 is 20.3. The Morgan fingerprint density at radius 1 is 1.09 bits per heavy atom. The van der Waals surface area contributed by atoms with Gasteiger partial charge in [-0.3, -0.25) is 14.4 Å². The normalized spacial score (nSPS) is 12.9.